The van der Waals surface area contributed by atoms with Crippen molar-refractivity contribution in [1.82, 2.24) is 0 Å². The number of rotatable bonds is 3. The third-order valence-electron chi connectivity index (χ3n) is 3.77. The average molecular weight is 260 g/mol. The molecule has 102 valence electrons. The minimum absolute atomic E-state index is 0.0441. The van der Waals surface area contributed by atoms with Crippen LogP contribution in [-0.2, 0) is 16.0 Å². The highest BCUT2D eigenvalue weighted by atomic mass is 16.5. The standard InChI is InChI=1S/C15H20N2O2/c18-15(10-13-4-2-8-19-13)17-12-6-5-11-3-1-7-16-14(11)9-12/h5-6,9,13,16H,1-4,7-8,10H2,(H,17,18). The molecule has 0 spiro atoms. The Morgan fingerprint density at radius 2 is 2.37 bits per heavy atom. The van der Waals surface area contributed by atoms with Crippen molar-refractivity contribution < 1.29 is 9.53 Å². The van der Waals surface area contributed by atoms with Gasteiger partial charge < -0.3 is 15.4 Å². The second-order valence-corrected chi connectivity index (χ2v) is 5.29. The Balaban J connectivity index is 1.61. The molecule has 0 saturated carbocycles. The van der Waals surface area contributed by atoms with Gasteiger partial charge in [0.2, 0.25) is 5.91 Å². The molecule has 0 radical (unpaired) electrons. The maximum absolute atomic E-state index is 11.9. The molecular weight excluding hydrogens is 240 g/mol. The van der Waals surface area contributed by atoms with Crippen LogP contribution in [0.1, 0.15) is 31.2 Å². The van der Waals surface area contributed by atoms with Crippen LogP contribution in [0.2, 0.25) is 0 Å². The number of benzene rings is 1. The zero-order valence-electron chi connectivity index (χ0n) is 11.1. The van der Waals surface area contributed by atoms with Crippen LogP contribution in [-0.4, -0.2) is 25.2 Å². The third kappa shape index (κ3) is 3.07. The van der Waals surface area contributed by atoms with Crippen molar-refractivity contribution in [1.29, 1.82) is 0 Å². The number of aryl methyl sites for hydroxylation is 1. The van der Waals surface area contributed by atoms with E-state index in [0.717, 1.165) is 43.8 Å². The van der Waals surface area contributed by atoms with Crippen molar-refractivity contribution in [3.63, 3.8) is 0 Å². The first-order valence-electron chi connectivity index (χ1n) is 7.09. The Kier molecular flexibility index (Phi) is 3.69. The van der Waals surface area contributed by atoms with Crippen molar-refractivity contribution in [2.24, 2.45) is 0 Å². The second-order valence-electron chi connectivity index (χ2n) is 5.29. The van der Waals surface area contributed by atoms with E-state index >= 15 is 0 Å². The number of amides is 1. The number of carbonyl (C=O) groups is 1. The van der Waals surface area contributed by atoms with E-state index < -0.39 is 0 Å². The quantitative estimate of drug-likeness (QED) is 0.878. The average Bonchev–Trinajstić information content (AvgIpc) is 2.91. The maximum Gasteiger partial charge on any atom is 0.226 e. The lowest BCUT2D eigenvalue weighted by Crippen LogP contribution is -2.19. The minimum atomic E-state index is 0.0441. The smallest absolute Gasteiger partial charge is 0.226 e. The summed E-state index contributed by atoms with van der Waals surface area (Å²) in [5, 5.41) is 6.33. The Hall–Kier alpha value is -1.55. The summed E-state index contributed by atoms with van der Waals surface area (Å²) in [7, 11) is 0. The van der Waals surface area contributed by atoms with Crippen LogP contribution in [0.3, 0.4) is 0 Å². The fourth-order valence-electron chi connectivity index (χ4n) is 2.76. The van der Waals surface area contributed by atoms with Crippen LogP contribution in [0.5, 0.6) is 0 Å². The van der Waals surface area contributed by atoms with Crippen LogP contribution in [0.15, 0.2) is 18.2 Å². The number of anilines is 2. The summed E-state index contributed by atoms with van der Waals surface area (Å²) < 4.78 is 5.48. The molecule has 0 bridgehead atoms. The van der Waals surface area contributed by atoms with Crippen LogP contribution in [0, 0.1) is 0 Å². The van der Waals surface area contributed by atoms with Crippen molar-refractivity contribution in [2.75, 3.05) is 23.8 Å². The third-order valence-corrected chi connectivity index (χ3v) is 3.77. The van der Waals surface area contributed by atoms with Crippen molar-refractivity contribution >= 4 is 17.3 Å². The molecule has 3 rings (SSSR count). The molecule has 1 saturated heterocycles. The lowest BCUT2D eigenvalue weighted by atomic mass is 10.0. The van der Waals surface area contributed by atoms with Gasteiger partial charge in [0.05, 0.1) is 12.5 Å². The number of hydrogen-bond donors (Lipinski definition) is 2. The molecule has 0 aliphatic carbocycles. The molecule has 4 heteroatoms. The number of nitrogens with one attached hydrogen (secondary N) is 2. The van der Waals surface area contributed by atoms with Gasteiger partial charge in [-0.15, -0.1) is 0 Å². The summed E-state index contributed by atoms with van der Waals surface area (Å²) in [6.45, 7) is 1.81. The minimum Gasteiger partial charge on any atom is -0.385 e. The zero-order valence-corrected chi connectivity index (χ0v) is 11.1. The normalized spacial score (nSPS) is 21.6. The topological polar surface area (TPSA) is 50.4 Å². The summed E-state index contributed by atoms with van der Waals surface area (Å²) in [4.78, 5) is 11.9. The van der Waals surface area contributed by atoms with Crippen LogP contribution in [0.4, 0.5) is 11.4 Å². The van der Waals surface area contributed by atoms with E-state index in [1.54, 1.807) is 0 Å². The Morgan fingerprint density at radius 3 is 3.21 bits per heavy atom. The van der Waals surface area contributed by atoms with Crippen LogP contribution >= 0.6 is 0 Å². The van der Waals surface area contributed by atoms with E-state index in [0.29, 0.717) is 6.42 Å². The largest absolute Gasteiger partial charge is 0.385 e. The molecular formula is C15H20N2O2. The van der Waals surface area contributed by atoms with Gasteiger partial charge >= 0.3 is 0 Å². The molecule has 1 atom stereocenters. The first-order chi connectivity index (χ1) is 9.31. The van der Waals surface area contributed by atoms with Gasteiger partial charge in [-0.05, 0) is 43.4 Å². The molecule has 0 aromatic heterocycles. The van der Waals surface area contributed by atoms with Gasteiger partial charge in [0.1, 0.15) is 0 Å². The predicted octanol–water partition coefficient (Wildman–Crippen LogP) is 2.55. The molecule has 2 aliphatic rings. The van der Waals surface area contributed by atoms with Gasteiger partial charge in [-0.1, -0.05) is 6.07 Å². The van der Waals surface area contributed by atoms with E-state index in [1.807, 2.05) is 12.1 Å². The molecule has 1 aromatic carbocycles. The summed E-state index contributed by atoms with van der Waals surface area (Å²) >= 11 is 0. The maximum atomic E-state index is 11.9. The van der Waals surface area contributed by atoms with Gasteiger partial charge in [0.15, 0.2) is 0 Å². The predicted molar refractivity (Wildman–Crippen MR) is 75.5 cm³/mol. The monoisotopic (exact) mass is 260 g/mol. The van der Waals surface area contributed by atoms with Gasteiger partial charge in [0, 0.05) is 24.5 Å². The van der Waals surface area contributed by atoms with Crippen molar-refractivity contribution in [3.8, 4) is 0 Å². The molecule has 2 aliphatic heterocycles. The lowest BCUT2D eigenvalue weighted by molar-refractivity contribution is -0.118. The molecule has 1 fully saturated rings. The first kappa shape index (κ1) is 12.5. The first-order valence-corrected chi connectivity index (χ1v) is 7.09. The molecule has 1 aromatic rings. The molecule has 2 N–H and O–H groups in total. The summed E-state index contributed by atoms with van der Waals surface area (Å²) in [5.74, 6) is 0.0441. The second kappa shape index (κ2) is 5.61. The Bertz CT molecular complexity index is 467. The van der Waals surface area contributed by atoms with E-state index in [1.165, 1.54) is 12.0 Å². The van der Waals surface area contributed by atoms with Gasteiger partial charge in [-0.25, -0.2) is 0 Å². The fraction of sp³-hybridized carbons (Fsp3) is 0.533. The summed E-state index contributed by atoms with van der Waals surface area (Å²) in [5.41, 5.74) is 3.36. The number of hydrogen-bond acceptors (Lipinski definition) is 3. The van der Waals surface area contributed by atoms with E-state index in [-0.39, 0.29) is 12.0 Å². The molecule has 19 heavy (non-hydrogen) atoms. The molecule has 1 unspecified atom stereocenters. The van der Waals surface area contributed by atoms with Crippen LogP contribution in [0.25, 0.3) is 0 Å². The summed E-state index contributed by atoms with van der Waals surface area (Å²) in [6, 6.07) is 6.12. The highest BCUT2D eigenvalue weighted by Gasteiger charge is 2.19. The molecule has 1 amide bonds. The Labute approximate surface area is 113 Å². The Morgan fingerprint density at radius 1 is 1.42 bits per heavy atom. The molecule has 2 heterocycles. The fourth-order valence-corrected chi connectivity index (χ4v) is 2.76. The van der Waals surface area contributed by atoms with E-state index in [9.17, 15) is 4.79 Å². The van der Waals surface area contributed by atoms with Crippen molar-refractivity contribution in [2.45, 2.75) is 38.2 Å². The van der Waals surface area contributed by atoms with E-state index in [4.69, 9.17) is 4.74 Å². The highest BCUT2D eigenvalue weighted by molar-refractivity contribution is 5.91. The van der Waals surface area contributed by atoms with Crippen molar-refractivity contribution in [3.05, 3.63) is 23.8 Å². The van der Waals surface area contributed by atoms with E-state index in [2.05, 4.69) is 16.7 Å². The number of ether oxygens (including phenoxy) is 1. The van der Waals surface area contributed by atoms with Crippen LogP contribution < -0.4 is 10.6 Å². The van der Waals surface area contributed by atoms with Gasteiger partial charge in [-0.3, -0.25) is 4.79 Å². The number of fused-ring (bicyclic) bond motifs is 1. The highest BCUT2D eigenvalue weighted by Crippen LogP contribution is 2.25. The SMILES string of the molecule is O=C(CC1CCCO1)Nc1ccc2c(c1)NCCC2. The zero-order chi connectivity index (χ0) is 13.1. The summed E-state index contributed by atoms with van der Waals surface area (Å²) in [6.07, 6.45) is 4.94. The van der Waals surface area contributed by atoms with Gasteiger partial charge in [-0.2, -0.15) is 0 Å². The number of carbonyl (C=O) groups excluding carboxylic acids is 1. The van der Waals surface area contributed by atoms with Gasteiger partial charge in [0.25, 0.3) is 0 Å². The molecule has 4 nitrogen and oxygen atoms in total. The lowest BCUT2D eigenvalue weighted by Gasteiger charge is -2.19.